The van der Waals surface area contributed by atoms with E-state index in [2.05, 4.69) is 10.3 Å². The molecule has 0 aliphatic rings. The Morgan fingerprint density at radius 2 is 2.04 bits per heavy atom. The highest BCUT2D eigenvalue weighted by atomic mass is 32.1. The van der Waals surface area contributed by atoms with Crippen LogP contribution in [0.2, 0.25) is 0 Å². The number of benzene rings is 1. The number of nitrogens with two attached hydrogens (primary N) is 1. The van der Waals surface area contributed by atoms with E-state index in [1.165, 1.54) is 29.5 Å². The van der Waals surface area contributed by atoms with Crippen LogP contribution in [0.5, 0.6) is 0 Å². The van der Waals surface area contributed by atoms with Crippen molar-refractivity contribution in [3.05, 3.63) is 56.6 Å². The molecule has 122 valence electrons. The molecule has 3 rings (SSSR count). The van der Waals surface area contributed by atoms with E-state index in [0.29, 0.717) is 15.4 Å². The second kappa shape index (κ2) is 5.89. The maximum Gasteiger partial charge on any atom is 0.292 e. The molecule has 7 nitrogen and oxygen atoms in total. The molecule has 0 radical (unpaired) electrons. The van der Waals surface area contributed by atoms with Crippen molar-refractivity contribution in [1.82, 2.24) is 4.98 Å². The molecule has 0 unspecified atom stereocenters. The lowest BCUT2D eigenvalue weighted by Crippen LogP contribution is -2.13. The van der Waals surface area contributed by atoms with Gasteiger partial charge in [0, 0.05) is 17.1 Å². The molecule has 24 heavy (non-hydrogen) atoms. The Hall–Kier alpha value is -3.00. The number of aryl methyl sites for hydroxylation is 2. The highest BCUT2D eigenvalue weighted by molar-refractivity contribution is 7.21. The number of nitrogens with one attached hydrogen (secondary N) is 1. The summed E-state index contributed by atoms with van der Waals surface area (Å²) < 4.78 is 0. The topological polar surface area (TPSA) is 111 Å². The van der Waals surface area contributed by atoms with Crippen LogP contribution in [-0.4, -0.2) is 15.8 Å². The molecule has 2 aromatic heterocycles. The normalized spacial score (nSPS) is 10.8. The van der Waals surface area contributed by atoms with E-state index in [1.54, 1.807) is 6.07 Å². The molecule has 2 heterocycles. The van der Waals surface area contributed by atoms with E-state index < -0.39 is 10.8 Å². The summed E-state index contributed by atoms with van der Waals surface area (Å²) in [5, 5.41) is 14.4. The number of nitrogens with zero attached hydrogens (tertiary/aromatic N) is 2. The number of nitro benzene ring substituents is 1. The summed E-state index contributed by atoms with van der Waals surface area (Å²) >= 11 is 1.18. The average Bonchev–Trinajstić information content (AvgIpc) is 2.84. The van der Waals surface area contributed by atoms with E-state index in [-0.39, 0.29) is 11.4 Å². The van der Waals surface area contributed by atoms with Gasteiger partial charge in [-0.3, -0.25) is 14.9 Å². The first-order valence-corrected chi connectivity index (χ1v) is 7.91. The van der Waals surface area contributed by atoms with Gasteiger partial charge in [0.05, 0.1) is 10.6 Å². The van der Waals surface area contributed by atoms with Crippen LogP contribution >= 0.6 is 11.3 Å². The molecular formula is C16H14N4O3S. The van der Waals surface area contributed by atoms with Gasteiger partial charge in [-0.1, -0.05) is 12.1 Å². The summed E-state index contributed by atoms with van der Waals surface area (Å²) in [5.41, 5.74) is 8.20. The lowest BCUT2D eigenvalue weighted by Gasteiger charge is -2.05. The molecule has 0 spiro atoms. The number of carbonyl (C=O) groups is 1. The van der Waals surface area contributed by atoms with Crippen LogP contribution in [0, 0.1) is 24.0 Å². The summed E-state index contributed by atoms with van der Waals surface area (Å²) in [6.07, 6.45) is 0. The van der Waals surface area contributed by atoms with Crippen LogP contribution in [0.15, 0.2) is 30.3 Å². The quantitative estimate of drug-likeness (QED) is 0.557. The Morgan fingerprint density at radius 3 is 2.75 bits per heavy atom. The highest BCUT2D eigenvalue weighted by Gasteiger charge is 2.21. The lowest BCUT2D eigenvalue weighted by atomic mass is 10.1. The summed E-state index contributed by atoms with van der Waals surface area (Å²) in [6.45, 7) is 3.78. The minimum atomic E-state index is -0.543. The van der Waals surface area contributed by atoms with Gasteiger partial charge in [0.2, 0.25) is 0 Å². The Kier molecular flexibility index (Phi) is 3.90. The van der Waals surface area contributed by atoms with Crippen LogP contribution in [-0.2, 0) is 0 Å². The number of fused-ring (bicyclic) bond motifs is 1. The lowest BCUT2D eigenvalue weighted by molar-refractivity contribution is -0.383. The fraction of sp³-hybridized carbons (Fsp3) is 0.125. The van der Waals surface area contributed by atoms with Gasteiger partial charge in [-0.25, -0.2) is 4.98 Å². The largest absolute Gasteiger partial charge is 0.397 e. The molecule has 0 atom stereocenters. The van der Waals surface area contributed by atoms with Gasteiger partial charge in [0.1, 0.15) is 15.4 Å². The van der Waals surface area contributed by atoms with Crippen molar-refractivity contribution in [2.75, 3.05) is 11.1 Å². The van der Waals surface area contributed by atoms with E-state index in [9.17, 15) is 14.9 Å². The van der Waals surface area contributed by atoms with Crippen LogP contribution < -0.4 is 11.1 Å². The third-order valence-electron chi connectivity index (χ3n) is 3.58. The van der Waals surface area contributed by atoms with Crippen molar-refractivity contribution in [2.24, 2.45) is 0 Å². The summed E-state index contributed by atoms with van der Waals surface area (Å²) in [4.78, 5) is 28.4. The van der Waals surface area contributed by atoms with Gasteiger partial charge in [-0.05, 0) is 31.5 Å². The average molecular weight is 342 g/mol. The fourth-order valence-electron chi connectivity index (χ4n) is 2.56. The number of pyridine rings is 1. The molecule has 0 aliphatic carbocycles. The summed E-state index contributed by atoms with van der Waals surface area (Å²) in [5.74, 6) is -0.484. The number of carbonyl (C=O) groups excluding carboxylic acids is 1. The fourth-order valence-corrected chi connectivity index (χ4v) is 3.67. The molecule has 1 aromatic carbocycles. The molecule has 1 amide bonds. The van der Waals surface area contributed by atoms with Crippen molar-refractivity contribution < 1.29 is 9.72 Å². The van der Waals surface area contributed by atoms with Gasteiger partial charge in [0.15, 0.2) is 0 Å². The second-order valence-electron chi connectivity index (χ2n) is 5.33. The van der Waals surface area contributed by atoms with E-state index in [1.807, 2.05) is 19.9 Å². The Bertz CT molecular complexity index is 981. The SMILES string of the molecule is Cc1cc(C)c2c(N)c(C(=O)Nc3ccccc3[N+](=O)[O-])sc2n1. The van der Waals surface area contributed by atoms with Crippen LogP contribution in [0.1, 0.15) is 20.9 Å². The molecule has 0 fully saturated rings. The number of nitro groups is 1. The predicted octanol–water partition coefficient (Wildman–Crippen LogP) is 3.66. The number of nitrogen functional groups attached to an aromatic ring is 1. The highest BCUT2D eigenvalue weighted by Crippen LogP contribution is 2.36. The van der Waals surface area contributed by atoms with Gasteiger partial charge in [-0.15, -0.1) is 11.3 Å². The molecule has 3 N–H and O–H groups in total. The number of anilines is 2. The smallest absolute Gasteiger partial charge is 0.292 e. The van der Waals surface area contributed by atoms with E-state index in [0.717, 1.165) is 16.6 Å². The standard InChI is InChI=1S/C16H14N4O3S/c1-8-7-9(2)18-16-12(8)13(17)14(24-16)15(21)19-10-5-3-4-6-11(10)20(22)23/h3-7H,17H2,1-2H3,(H,19,21). The van der Waals surface area contributed by atoms with Crippen molar-refractivity contribution >= 4 is 44.5 Å². The minimum Gasteiger partial charge on any atom is -0.397 e. The first-order valence-electron chi connectivity index (χ1n) is 7.09. The number of hydrogen-bond acceptors (Lipinski definition) is 6. The zero-order valence-electron chi connectivity index (χ0n) is 13.0. The molecule has 3 aromatic rings. The Labute approximate surface area is 141 Å². The first kappa shape index (κ1) is 15.9. The third-order valence-corrected chi connectivity index (χ3v) is 4.68. The maximum atomic E-state index is 12.5. The monoisotopic (exact) mass is 342 g/mol. The van der Waals surface area contributed by atoms with Crippen molar-refractivity contribution in [1.29, 1.82) is 0 Å². The van der Waals surface area contributed by atoms with Gasteiger partial charge in [-0.2, -0.15) is 0 Å². The molecule has 0 bridgehead atoms. The molecule has 0 aliphatic heterocycles. The number of thiophene rings is 1. The number of amides is 1. The number of para-hydroxylation sites is 2. The van der Waals surface area contributed by atoms with Gasteiger partial charge >= 0.3 is 0 Å². The van der Waals surface area contributed by atoms with Crippen molar-refractivity contribution in [2.45, 2.75) is 13.8 Å². The number of aromatic nitrogens is 1. The zero-order valence-corrected chi connectivity index (χ0v) is 13.8. The van der Waals surface area contributed by atoms with Crippen LogP contribution in [0.3, 0.4) is 0 Å². The predicted molar refractivity (Wildman–Crippen MR) is 94.6 cm³/mol. The zero-order chi connectivity index (χ0) is 17.4. The Morgan fingerprint density at radius 1 is 1.33 bits per heavy atom. The summed E-state index contributed by atoms with van der Waals surface area (Å²) in [6, 6.07) is 7.87. The molecular weight excluding hydrogens is 328 g/mol. The number of hydrogen-bond donors (Lipinski definition) is 2. The van der Waals surface area contributed by atoms with Crippen LogP contribution in [0.4, 0.5) is 17.1 Å². The minimum absolute atomic E-state index is 0.130. The third kappa shape index (κ3) is 2.67. The maximum absolute atomic E-state index is 12.5. The van der Waals surface area contributed by atoms with E-state index in [4.69, 9.17) is 5.73 Å². The van der Waals surface area contributed by atoms with Crippen LogP contribution in [0.25, 0.3) is 10.2 Å². The second-order valence-corrected chi connectivity index (χ2v) is 6.33. The first-order chi connectivity index (χ1) is 11.4. The summed E-state index contributed by atoms with van der Waals surface area (Å²) in [7, 11) is 0. The van der Waals surface area contributed by atoms with Gasteiger partial charge < -0.3 is 11.1 Å². The molecule has 0 saturated carbocycles. The molecule has 0 saturated heterocycles. The van der Waals surface area contributed by atoms with Crippen molar-refractivity contribution in [3.63, 3.8) is 0 Å². The Balaban J connectivity index is 2.03. The van der Waals surface area contributed by atoms with Crippen molar-refractivity contribution in [3.8, 4) is 0 Å². The van der Waals surface area contributed by atoms with E-state index >= 15 is 0 Å². The number of rotatable bonds is 3. The molecule has 8 heteroatoms. The van der Waals surface area contributed by atoms with Gasteiger partial charge in [0.25, 0.3) is 11.6 Å².